The second-order valence-corrected chi connectivity index (χ2v) is 3.48. The lowest BCUT2D eigenvalue weighted by Gasteiger charge is -2.00. The van der Waals surface area contributed by atoms with Crippen molar-refractivity contribution in [2.75, 3.05) is 7.11 Å². The number of nitrogens with zero attached hydrogens (tertiary/aromatic N) is 5. The van der Waals surface area contributed by atoms with Crippen LogP contribution in [-0.4, -0.2) is 37.8 Å². The number of rotatable bonds is 2. The predicted molar refractivity (Wildman–Crippen MR) is 58.0 cm³/mol. The zero-order valence-corrected chi connectivity index (χ0v) is 9.84. The lowest BCUT2D eigenvalue weighted by molar-refractivity contribution is 0.0587. The van der Waals surface area contributed by atoms with Crippen LogP contribution in [-0.2, 0) is 4.74 Å². The highest BCUT2D eigenvalue weighted by Crippen LogP contribution is 2.09. The molecular weight excluding hydrogens is 246 g/mol. The third kappa shape index (κ3) is 2.39. The lowest BCUT2D eigenvalue weighted by atomic mass is 10.4. The van der Waals surface area contributed by atoms with Crippen molar-refractivity contribution in [3.05, 3.63) is 29.2 Å². The van der Waals surface area contributed by atoms with Crippen LogP contribution in [0, 0.1) is 6.92 Å². The van der Waals surface area contributed by atoms with Crippen molar-refractivity contribution in [1.29, 1.82) is 0 Å². The molecule has 0 bridgehead atoms. The fraction of sp³-hybridized carbons (Fsp3) is 0.222. The molecule has 2 aromatic rings. The van der Waals surface area contributed by atoms with Crippen LogP contribution < -0.4 is 0 Å². The first-order valence-corrected chi connectivity index (χ1v) is 4.99. The molecule has 0 atom stereocenters. The van der Waals surface area contributed by atoms with E-state index in [2.05, 4.69) is 24.8 Å². The van der Waals surface area contributed by atoms with Gasteiger partial charge in [0, 0.05) is 11.8 Å². The smallest absolute Gasteiger partial charge is 0.377 e. The first-order valence-electron chi connectivity index (χ1n) is 4.61. The summed E-state index contributed by atoms with van der Waals surface area (Å²) in [6.07, 6.45) is 1.35. The van der Waals surface area contributed by atoms with Gasteiger partial charge in [0.15, 0.2) is 5.82 Å². The third-order valence-corrected chi connectivity index (χ3v) is 2.08. The summed E-state index contributed by atoms with van der Waals surface area (Å²) in [4.78, 5) is 22.9. The average Bonchev–Trinajstić information content (AvgIpc) is 2.76. The van der Waals surface area contributed by atoms with Crippen LogP contribution in [0.3, 0.4) is 0 Å². The molecule has 0 unspecified atom stereocenters. The number of hydrogen-bond donors (Lipinski definition) is 0. The molecule has 2 aromatic heterocycles. The maximum Gasteiger partial charge on any atom is 0.377 e. The van der Waals surface area contributed by atoms with E-state index in [0.29, 0.717) is 11.5 Å². The molecule has 8 heteroatoms. The molecule has 17 heavy (non-hydrogen) atoms. The summed E-state index contributed by atoms with van der Waals surface area (Å²) in [5.41, 5.74) is 0.690. The number of aromatic nitrogens is 5. The second-order valence-electron chi connectivity index (χ2n) is 3.14. The van der Waals surface area contributed by atoms with Crippen molar-refractivity contribution in [2.45, 2.75) is 6.92 Å². The highest BCUT2D eigenvalue weighted by Gasteiger charge is 2.13. The Morgan fingerprint density at radius 2 is 2.24 bits per heavy atom. The topological polar surface area (TPSA) is 82.8 Å². The van der Waals surface area contributed by atoms with Crippen LogP contribution in [0.2, 0.25) is 5.28 Å². The van der Waals surface area contributed by atoms with E-state index in [-0.39, 0.29) is 11.1 Å². The molecule has 88 valence electrons. The third-order valence-electron chi connectivity index (χ3n) is 1.91. The standard InChI is InChI=1S/C9H8ClN5O2/c1-5-3-6(13-9(10)12-5)15-4-11-7(14-15)8(16)17-2/h3-4H,1-2H3. The Kier molecular flexibility index (Phi) is 3.01. The molecule has 7 nitrogen and oxygen atoms in total. The summed E-state index contributed by atoms with van der Waals surface area (Å²) in [5.74, 6) is -0.217. The minimum Gasteiger partial charge on any atom is -0.463 e. The van der Waals surface area contributed by atoms with Gasteiger partial charge in [-0.2, -0.15) is 4.98 Å². The zero-order valence-electron chi connectivity index (χ0n) is 9.09. The van der Waals surface area contributed by atoms with E-state index >= 15 is 0 Å². The van der Waals surface area contributed by atoms with Gasteiger partial charge >= 0.3 is 5.97 Å². The van der Waals surface area contributed by atoms with Crippen LogP contribution in [0.25, 0.3) is 5.82 Å². The second kappa shape index (κ2) is 4.46. The first-order chi connectivity index (χ1) is 8.10. The van der Waals surface area contributed by atoms with Crippen LogP contribution in [0.4, 0.5) is 0 Å². The van der Waals surface area contributed by atoms with Crippen LogP contribution >= 0.6 is 11.6 Å². The molecule has 0 N–H and O–H groups in total. The van der Waals surface area contributed by atoms with Crippen molar-refractivity contribution >= 4 is 17.6 Å². The van der Waals surface area contributed by atoms with Gasteiger partial charge in [-0.25, -0.2) is 19.4 Å². The summed E-state index contributed by atoms with van der Waals surface area (Å²) in [5, 5.41) is 4.02. The molecule has 0 spiro atoms. The number of carbonyl (C=O) groups excluding carboxylic acids is 1. The van der Waals surface area contributed by atoms with Crippen molar-refractivity contribution < 1.29 is 9.53 Å². The van der Waals surface area contributed by atoms with Crippen LogP contribution in [0.1, 0.15) is 16.3 Å². The van der Waals surface area contributed by atoms with Gasteiger partial charge in [0.1, 0.15) is 6.33 Å². The van der Waals surface area contributed by atoms with E-state index in [1.807, 2.05) is 0 Å². The molecule has 0 aliphatic carbocycles. The highest BCUT2D eigenvalue weighted by atomic mass is 35.5. The van der Waals surface area contributed by atoms with Crippen LogP contribution in [0.5, 0.6) is 0 Å². The fourth-order valence-corrected chi connectivity index (χ4v) is 1.41. The summed E-state index contributed by atoms with van der Waals surface area (Å²) in [7, 11) is 1.26. The van der Waals surface area contributed by atoms with E-state index in [4.69, 9.17) is 11.6 Å². The Balaban J connectivity index is 2.40. The molecule has 0 fully saturated rings. The molecule has 0 aliphatic rings. The first kappa shape index (κ1) is 11.5. The molecule has 0 amide bonds. The number of aryl methyl sites for hydroxylation is 1. The SMILES string of the molecule is COC(=O)c1ncn(-c2cc(C)nc(Cl)n2)n1. The fourth-order valence-electron chi connectivity index (χ4n) is 1.19. The summed E-state index contributed by atoms with van der Waals surface area (Å²) < 4.78 is 5.82. The van der Waals surface area contributed by atoms with Gasteiger partial charge in [0.05, 0.1) is 7.11 Å². The number of halogens is 1. The largest absolute Gasteiger partial charge is 0.463 e. The van der Waals surface area contributed by atoms with Crippen molar-refractivity contribution in [2.24, 2.45) is 0 Å². The minimum atomic E-state index is -0.611. The van der Waals surface area contributed by atoms with Gasteiger partial charge in [0.25, 0.3) is 5.82 Å². The monoisotopic (exact) mass is 253 g/mol. The maximum absolute atomic E-state index is 11.2. The van der Waals surface area contributed by atoms with Crippen molar-refractivity contribution in [1.82, 2.24) is 24.7 Å². The zero-order chi connectivity index (χ0) is 12.4. The van der Waals surface area contributed by atoms with Gasteiger partial charge in [-0.3, -0.25) is 0 Å². The summed E-state index contributed by atoms with van der Waals surface area (Å²) >= 11 is 5.72. The summed E-state index contributed by atoms with van der Waals surface area (Å²) in [6.45, 7) is 1.77. The van der Waals surface area contributed by atoms with E-state index in [9.17, 15) is 4.79 Å². The maximum atomic E-state index is 11.2. The van der Waals surface area contributed by atoms with E-state index < -0.39 is 5.97 Å². The average molecular weight is 254 g/mol. The number of esters is 1. The van der Waals surface area contributed by atoms with Crippen LogP contribution in [0.15, 0.2) is 12.4 Å². The van der Waals surface area contributed by atoms with Crippen molar-refractivity contribution in [3.63, 3.8) is 0 Å². The molecular formula is C9H8ClN5O2. The minimum absolute atomic E-state index is 0.0418. The Morgan fingerprint density at radius 1 is 1.47 bits per heavy atom. The lowest BCUT2D eigenvalue weighted by Crippen LogP contribution is -2.06. The Bertz CT molecular complexity index is 548. The van der Waals surface area contributed by atoms with Gasteiger partial charge in [-0.15, -0.1) is 5.10 Å². The number of hydrogen-bond acceptors (Lipinski definition) is 6. The van der Waals surface area contributed by atoms with Gasteiger partial charge < -0.3 is 4.74 Å². The number of methoxy groups -OCH3 is 1. The quantitative estimate of drug-likeness (QED) is 0.582. The number of ether oxygens (including phenoxy) is 1. The van der Waals surface area contributed by atoms with E-state index in [1.54, 1.807) is 13.0 Å². The normalized spacial score (nSPS) is 10.3. The Hall–Kier alpha value is -2.02. The Labute approximate surface area is 101 Å². The van der Waals surface area contributed by atoms with Gasteiger partial charge in [-0.1, -0.05) is 0 Å². The number of carbonyl (C=O) groups is 1. The van der Waals surface area contributed by atoms with Gasteiger partial charge in [0.2, 0.25) is 5.28 Å². The molecule has 0 aliphatic heterocycles. The predicted octanol–water partition coefficient (Wildman–Crippen LogP) is 0.806. The molecule has 2 heterocycles. The molecule has 0 saturated carbocycles. The van der Waals surface area contributed by atoms with Crippen molar-refractivity contribution in [3.8, 4) is 5.82 Å². The summed E-state index contributed by atoms with van der Waals surface area (Å²) in [6, 6.07) is 1.67. The Morgan fingerprint density at radius 3 is 2.88 bits per heavy atom. The van der Waals surface area contributed by atoms with E-state index in [1.165, 1.54) is 18.1 Å². The van der Waals surface area contributed by atoms with E-state index in [0.717, 1.165) is 0 Å². The molecule has 0 radical (unpaired) electrons. The van der Waals surface area contributed by atoms with Gasteiger partial charge in [-0.05, 0) is 18.5 Å². The molecule has 0 saturated heterocycles. The molecule has 2 rings (SSSR count). The highest BCUT2D eigenvalue weighted by molar-refractivity contribution is 6.28. The molecule has 0 aromatic carbocycles.